The minimum atomic E-state index is 0.441. The largest absolute Gasteiger partial charge is 0.354 e. The fourth-order valence-corrected chi connectivity index (χ4v) is 2.82. The maximum atomic E-state index is 5.84. The van der Waals surface area contributed by atoms with Gasteiger partial charge in [-0.3, -0.25) is 4.90 Å². The third-order valence-corrected chi connectivity index (χ3v) is 4.57. The quantitative estimate of drug-likeness (QED) is 0.905. The summed E-state index contributed by atoms with van der Waals surface area (Å²) in [5.74, 6) is 1.54. The van der Waals surface area contributed by atoms with Crippen LogP contribution in [0.15, 0.2) is 12.1 Å². The first-order valence-corrected chi connectivity index (χ1v) is 8.25. The van der Waals surface area contributed by atoms with Gasteiger partial charge < -0.3 is 10.6 Å². The molecule has 2 rings (SSSR count). The van der Waals surface area contributed by atoms with E-state index in [0.29, 0.717) is 18.5 Å². The first kappa shape index (κ1) is 16.2. The monoisotopic (exact) mass is 290 g/mol. The lowest BCUT2D eigenvalue weighted by atomic mass is 10.1. The van der Waals surface area contributed by atoms with Gasteiger partial charge in [0.15, 0.2) is 0 Å². The molecule has 1 aliphatic heterocycles. The Morgan fingerprint density at radius 3 is 2.33 bits per heavy atom. The van der Waals surface area contributed by atoms with E-state index in [9.17, 15) is 0 Å². The molecule has 1 atom stereocenters. The van der Waals surface area contributed by atoms with Crippen LogP contribution < -0.4 is 10.6 Å². The highest BCUT2D eigenvalue weighted by atomic mass is 15.3. The maximum absolute atomic E-state index is 5.84. The summed E-state index contributed by atoms with van der Waals surface area (Å²) in [7, 11) is 0. The van der Waals surface area contributed by atoms with E-state index in [1.54, 1.807) is 0 Å². The first-order valence-electron chi connectivity index (χ1n) is 8.25. The number of anilines is 1. The summed E-state index contributed by atoms with van der Waals surface area (Å²) in [4.78, 5) is 9.83. The van der Waals surface area contributed by atoms with Crippen LogP contribution in [0.1, 0.15) is 51.3 Å². The van der Waals surface area contributed by atoms with Crippen LogP contribution in [0.25, 0.3) is 0 Å². The van der Waals surface area contributed by atoms with E-state index >= 15 is 0 Å². The average Bonchev–Trinajstić information content (AvgIpc) is 2.53. The minimum Gasteiger partial charge on any atom is -0.354 e. The summed E-state index contributed by atoms with van der Waals surface area (Å²) >= 11 is 0. The fraction of sp³-hybridized carbons (Fsp3) is 0.706. The summed E-state index contributed by atoms with van der Waals surface area (Å²) in [6, 6.07) is 4.98. The molecule has 0 bridgehead atoms. The van der Waals surface area contributed by atoms with E-state index in [-0.39, 0.29) is 0 Å². The number of hydrogen-bond donors (Lipinski definition) is 1. The van der Waals surface area contributed by atoms with Crippen molar-refractivity contribution in [3.8, 4) is 0 Å². The van der Waals surface area contributed by atoms with Crippen LogP contribution in [0.5, 0.6) is 0 Å². The molecule has 4 nitrogen and oxygen atoms in total. The molecule has 2 heterocycles. The average molecular weight is 290 g/mol. The Morgan fingerprint density at radius 1 is 1.14 bits per heavy atom. The Morgan fingerprint density at radius 2 is 1.81 bits per heavy atom. The normalized spacial score (nSPS) is 18.3. The van der Waals surface area contributed by atoms with Crippen LogP contribution in [0, 0.1) is 0 Å². The Balaban J connectivity index is 2.10. The van der Waals surface area contributed by atoms with Gasteiger partial charge in [0, 0.05) is 44.5 Å². The number of nitrogens with zero attached hydrogens (tertiary/aromatic N) is 3. The highest BCUT2D eigenvalue weighted by Crippen LogP contribution is 2.22. The van der Waals surface area contributed by atoms with Crippen LogP contribution in [0.2, 0.25) is 0 Å². The second-order valence-corrected chi connectivity index (χ2v) is 6.40. The van der Waals surface area contributed by atoms with Gasteiger partial charge in [-0.2, -0.15) is 0 Å². The van der Waals surface area contributed by atoms with Crippen molar-refractivity contribution in [1.82, 2.24) is 9.88 Å². The topological polar surface area (TPSA) is 45.4 Å². The molecular formula is C17H30N4. The molecule has 0 amide bonds. The summed E-state index contributed by atoms with van der Waals surface area (Å²) in [6.07, 6.45) is 1.22. The van der Waals surface area contributed by atoms with Gasteiger partial charge in [0.25, 0.3) is 0 Å². The minimum absolute atomic E-state index is 0.441. The molecule has 0 radical (unpaired) electrons. The number of rotatable bonds is 5. The molecule has 0 aromatic carbocycles. The van der Waals surface area contributed by atoms with Crippen molar-refractivity contribution in [2.24, 2.45) is 5.73 Å². The lowest BCUT2D eigenvalue weighted by Gasteiger charge is -2.38. The van der Waals surface area contributed by atoms with Crippen molar-refractivity contribution in [2.45, 2.75) is 52.6 Å². The molecule has 0 spiro atoms. The van der Waals surface area contributed by atoms with Gasteiger partial charge in [0.1, 0.15) is 5.82 Å². The molecule has 1 aliphatic rings. The van der Waals surface area contributed by atoms with Crippen molar-refractivity contribution in [2.75, 3.05) is 31.1 Å². The third kappa shape index (κ3) is 3.95. The van der Waals surface area contributed by atoms with Gasteiger partial charge in [-0.1, -0.05) is 20.8 Å². The fourth-order valence-electron chi connectivity index (χ4n) is 2.82. The lowest BCUT2D eigenvalue weighted by Crippen LogP contribution is -2.49. The Kier molecular flexibility index (Phi) is 5.59. The molecule has 4 heteroatoms. The van der Waals surface area contributed by atoms with Gasteiger partial charge in [0.05, 0.1) is 0 Å². The molecule has 1 aromatic rings. The molecule has 1 unspecified atom stereocenters. The Labute approximate surface area is 129 Å². The van der Waals surface area contributed by atoms with Crippen molar-refractivity contribution in [1.29, 1.82) is 0 Å². The number of pyridine rings is 1. The molecule has 21 heavy (non-hydrogen) atoms. The summed E-state index contributed by atoms with van der Waals surface area (Å²) < 4.78 is 0. The highest BCUT2D eigenvalue weighted by Gasteiger charge is 2.21. The van der Waals surface area contributed by atoms with Crippen LogP contribution in [-0.4, -0.2) is 42.1 Å². The molecule has 1 aromatic heterocycles. The van der Waals surface area contributed by atoms with Gasteiger partial charge in [0.2, 0.25) is 0 Å². The highest BCUT2D eigenvalue weighted by molar-refractivity contribution is 5.44. The SMILES string of the molecule is CCC(C)N1CCN(c2cc(CN)cc(C(C)C)n2)CC1. The maximum Gasteiger partial charge on any atom is 0.129 e. The van der Waals surface area contributed by atoms with Crippen LogP contribution >= 0.6 is 0 Å². The van der Waals surface area contributed by atoms with Crippen LogP contribution in [0.3, 0.4) is 0 Å². The standard InChI is InChI=1S/C17H30N4/c1-5-14(4)20-6-8-21(9-7-20)17-11-15(12-18)10-16(19-17)13(2)3/h10-11,13-14H,5-9,12,18H2,1-4H3. The number of aromatic nitrogens is 1. The molecule has 0 saturated carbocycles. The van der Waals surface area contributed by atoms with Gasteiger partial charge >= 0.3 is 0 Å². The van der Waals surface area contributed by atoms with E-state index in [1.165, 1.54) is 12.0 Å². The first-order chi connectivity index (χ1) is 10.0. The predicted octanol–water partition coefficient (Wildman–Crippen LogP) is 2.58. The van der Waals surface area contributed by atoms with Crippen LogP contribution in [0.4, 0.5) is 5.82 Å². The van der Waals surface area contributed by atoms with Crippen molar-refractivity contribution in [3.63, 3.8) is 0 Å². The van der Waals surface area contributed by atoms with E-state index in [0.717, 1.165) is 37.7 Å². The van der Waals surface area contributed by atoms with E-state index in [4.69, 9.17) is 10.7 Å². The number of hydrogen-bond acceptors (Lipinski definition) is 4. The summed E-state index contributed by atoms with van der Waals surface area (Å²) in [6.45, 7) is 13.9. The predicted molar refractivity (Wildman–Crippen MR) is 89.8 cm³/mol. The zero-order valence-electron chi connectivity index (χ0n) is 14.0. The zero-order chi connectivity index (χ0) is 15.4. The van der Waals surface area contributed by atoms with Crippen molar-refractivity contribution in [3.05, 3.63) is 23.4 Å². The second kappa shape index (κ2) is 7.23. The molecule has 1 fully saturated rings. The second-order valence-electron chi connectivity index (χ2n) is 6.40. The van der Waals surface area contributed by atoms with Crippen LogP contribution in [-0.2, 0) is 6.54 Å². The molecular weight excluding hydrogens is 260 g/mol. The van der Waals surface area contributed by atoms with E-state index in [2.05, 4.69) is 49.6 Å². The molecule has 0 aliphatic carbocycles. The van der Waals surface area contributed by atoms with Crippen molar-refractivity contribution < 1.29 is 0 Å². The Hall–Kier alpha value is -1.13. The van der Waals surface area contributed by atoms with Crippen molar-refractivity contribution >= 4 is 5.82 Å². The van der Waals surface area contributed by atoms with E-state index < -0.39 is 0 Å². The van der Waals surface area contributed by atoms with Gasteiger partial charge in [-0.15, -0.1) is 0 Å². The Bertz CT molecular complexity index is 450. The third-order valence-electron chi connectivity index (χ3n) is 4.57. The summed E-state index contributed by atoms with van der Waals surface area (Å²) in [5, 5.41) is 0. The number of nitrogens with two attached hydrogens (primary N) is 1. The number of piperazine rings is 1. The van der Waals surface area contributed by atoms with Gasteiger partial charge in [-0.05, 0) is 37.0 Å². The zero-order valence-corrected chi connectivity index (χ0v) is 14.0. The van der Waals surface area contributed by atoms with E-state index in [1.807, 2.05) is 0 Å². The summed E-state index contributed by atoms with van der Waals surface area (Å²) in [5.41, 5.74) is 8.18. The van der Waals surface area contributed by atoms with Gasteiger partial charge in [-0.25, -0.2) is 4.98 Å². The molecule has 1 saturated heterocycles. The molecule has 2 N–H and O–H groups in total. The molecule has 118 valence electrons. The smallest absolute Gasteiger partial charge is 0.129 e. The lowest BCUT2D eigenvalue weighted by molar-refractivity contribution is 0.192.